The molecule has 2 saturated carbocycles. The van der Waals surface area contributed by atoms with E-state index in [1.165, 1.54) is 32.1 Å². The van der Waals surface area contributed by atoms with Crippen LogP contribution in [0.3, 0.4) is 0 Å². The Labute approximate surface area is 109 Å². The van der Waals surface area contributed by atoms with Crippen molar-refractivity contribution in [1.29, 1.82) is 0 Å². The third kappa shape index (κ3) is 2.36. The van der Waals surface area contributed by atoms with Gasteiger partial charge >= 0.3 is 0 Å². The maximum atomic E-state index is 12.0. The van der Waals surface area contributed by atoms with Gasteiger partial charge in [0.15, 0.2) is 0 Å². The average Bonchev–Trinajstić information content (AvgIpc) is 2.98. The summed E-state index contributed by atoms with van der Waals surface area (Å²) in [5, 5.41) is 4.61. The van der Waals surface area contributed by atoms with E-state index in [2.05, 4.69) is 22.9 Å². The third-order valence-corrected chi connectivity index (χ3v) is 4.63. The van der Waals surface area contributed by atoms with Crippen molar-refractivity contribution in [3.63, 3.8) is 0 Å². The summed E-state index contributed by atoms with van der Waals surface area (Å²) in [7, 11) is 0. The smallest absolute Gasteiger partial charge is 0.144 e. The molecule has 1 heterocycles. The number of nitrogens with zero attached hydrogens (tertiary/aromatic N) is 2. The maximum Gasteiger partial charge on any atom is 0.144 e. The first kappa shape index (κ1) is 11.9. The van der Waals surface area contributed by atoms with Crippen LogP contribution in [0.1, 0.15) is 63.6 Å². The fourth-order valence-corrected chi connectivity index (χ4v) is 2.86. The van der Waals surface area contributed by atoms with Crippen LogP contribution in [-0.2, 0) is 11.2 Å². The first-order valence-electron chi connectivity index (χ1n) is 7.25. The first-order chi connectivity index (χ1) is 8.67. The number of hydrogen-bond acceptors (Lipinski definition) is 2. The van der Waals surface area contributed by atoms with E-state index in [4.69, 9.17) is 0 Å². The number of aromatic nitrogens is 2. The van der Waals surface area contributed by atoms with Crippen molar-refractivity contribution in [3.8, 4) is 0 Å². The van der Waals surface area contributed by atoms with Crippen LogP contribution in [0.15, 0.2) is 12.3 Å². The third-order valence-electron chi connectivity index (χ3n) is 4.63. The second-order valence-electron chi connectivity index (χ2n) is 6.24. The molecule has 2 aliphatic carbocycles. The van der Waals surface area contributed by atoms with E-state index < -0.39 is 0 Å². The molecular weight excluding hydrogens is 224 g/mol. The zero-order chi connectivity index (χ0) is 12.6. The standard InChI is InChI=1S/C15H22N2O/c1-15(8-9-15)14(18)11-12-7-10-17(16-12)13-5-3-2-4-6-13/h7,10,13H,2-6,8-9,11H2,1H3. The van der Waals surface area contributed by atoms with E-state index in [0.29, 0.717) is 18.2 Å². The highest BCUT2D eigenvalue weighted by molar-refractivity contribution is 5.88. The molecule has 0 spiro atoms. The molecule has 1 aromatic rings. The van der Waals surface area contributed by atoms with Gasteiger partial charge in [0.2, 0.25) is 0 Å². The molecule has 0 bridgehead atoms. The van der Waals surface area contributed by atoms with Gasteiger partial charge in [0.25, 0.3) is 0 Å². The second kappa shape index (κ2) is 4.52. The lowest BCUT2D eigenvalue weighted by atomic mass is 9.96. The summed E-state index contributed by atoms with van der Waals surface area (Å²) in [5.41, 5.74) is 0.938. The van der Waals surface area contributed by atoms with Crippen molar-refractivity contribution in [1.82, 2.24) is 9.78 Å². The highest BCUT2D eigenvalue weighted by Crippen LogP contribution is 2.46. The molecule has 0 atom stereocenters. The van der Waals surface area contributed by atoms with Crippen LogP contribution in [0.25, 0.3) is 0 Å². The molecule has 3 heteroatoms. The molecule has 3 rings (SSSR count). The van der Waals surface area contributed by atoms with Gasteiger partial charge in [-0.3, -0.25) is 9.48 Å². The number of ketones is 1. The molecule has 0 radical (unpaired) electrons. The van der Waals surface area contributed by atoms with Crippen molar-refractivity contribution >= 4 is 5.78 Å². The maximum absolute atomic E-state index is 12.0. The van der Waals surface area contributed by atoms with Crippen molar-refractivity contribution in [3.05, 3.63) is 18.0 Å². The Hall–Kier alpha value is -1.12. The lowest BCUT2D eigenvalue weighted by Gasteiger charge is -2.21. The Morgan fingerprint density at radius 3 is 2.78 bits per heavy atom. The van der Waals surface area contributed by atoms with E-state index in [1.54, 1.807) is 0 Å². The van der Waals surface area contributed by atoms with E-state index in [9.17, 15) is 4.79 Å². The van der Waals surface area contributed by atoms with Crippen LogP contribution in [0, 0.1) is 5.41 Å². The molecule has 3 nitrogen and oxygen atoms in total. The molecule has 18 heavy (non-hydrogen) atoms. The molecule has 0 aliphatic heterocycles. The summed E-state index contributed by atoms with van der Waals surface area (Å²) in [6.07, 6.45) is 11.2. The van der Waals surface area contributed by atoms with Gasteiger partial charge in [0, 0.05) is 11.6 Å². The molecule has 0 amide bonds. The minimum Gasteiger partial charge on any atom is -0.299 e. The average molecular weight is 246 g/mol. The molecule has 0 N–H and O–H groups in total. The molecule has 1 aromatic heterocycles. The molecule has 0 unspecified atom stereocenters. The summed E-state index contributed by atoms with van der Waals surface area (Å²) < 4.78 is 2.09. The van der Waals surface area contributed by atoms with Crippen molar-refractivity contribution < 1.29 is 4.79 Å². The largest absolute Gasteiger partial charge is 0.299 e. The normalized spacial score (nSPS) is 22.9. The minimum absolute atomic E-state index is 0.0192. The van der Waals surface area contributed by atoms with Gasteiger partial charge in [-0.2, -0.15) is 5.10 Å². The van der Waals surface area contributed by atoms with Gasteiger partial charge in [-0.1, -0.05) is 26.2 Å². The Morgan fingerprint density at radius 2 is 2.11 bits per heavy atom. The zero-order valence-electron chi connectivity index (χ0n) is 11.2. The second-order valence-corrected chi connectivity index (χ2v) is 6.24. The Kier molecular flexibility index (Phi) is 3.00. The molecule has 0 aromatic carbocycles. The summed E-state index contributed by atoms with van der Waals surface area (Å²) >= 11 is 0. The van der Waals surface area contributed by atoms with Gasteiger partial charge in [-0.15, -0.1) is 0 Å². The fourth-order valence-electron chi connectivity index (χ4n) is 2.86. The van der Waals surface area contributed by atoms with Crippen LogP contribution in [0.5, 0.6) is 0 Å². The predicted molar refractivity (Wildman–Crippen MR) is 70.4 cm³/mol. The monoisotopic (exact) mass is 246 g/mol. The molecular formula is C15H22N2O. The van der Waals surface area contributed by atoms with E-state index in [0.717, 1.165) is 18.5 Å². The molecule has 2 fully saturated rings. The number of hydrogen-bond donors (Lipinski definition) is 0. The quantitative estimate of drug-likeness (QED) is 0.817. The molecule has 2 aliphatic rings. The van der Waals surface area contributed by atoms with Crippen LogP contribution < -0.4 is 0 Å². The summed E-state index contributed by atoms with van der Waals surface area (Å²) in [6.45, 7) is 2.08. The lowest BCUT2D eigenvalue weighted by molar-refractivity contribution is -0.122. The molecule has 0 saturated heterocycles. The Bertz CT molecular complexity index is 439. The summed E-state index contributed by atoms with van der Waals surface area (Å²) in [5.74, 6) is 0.372. The SMILES string of the molecule is CC1(C(=O)Cc2ccn(C3CCCCC3)n2)CC1. The van der Waals surface area contributed by atoms with Crippen molar-refractivity contribution in [2.24, 2.45) is 5.41 Å². The van der Waals surface area contributed by atoms with E-state index in [-0.39, 0.29) is 5.41 Å². The first-order valence-corrected chi connectivity index (χ1v) is 7.25. The van der Waals surface area contributed by atoms with Crippen LogP contribution in [0.2, 0.25) is 0 Å². The van der Waals surface area contributed by atoms with Gasteiger partial charge in [-0.05, 0) is 31.7 Å². The fraction of sp³-hybridized carbons (Fsp3) is 0.733. The highest BCUT2D eigenvalue weighted by Gasteiger charge is 2.44. The molecule has 98 valence electrons. The number of Topliss-reactive ketones (excluding diaryl/α,β-unsaturated/α-hetero) is 1. The van der Waals surface area contributed by atoms with Gasteiger partial charge in [0.05, 0.1) is 18.2 Å². The van der Waals surface area contributed by atoms with Gasteiger partial charge in [0.1, 0.15) is 5.78 Å². The minimum atomic E-state index is -0.0192. The lowest BCUT2D eigenvalue weighted by Crippen LogP contribution is -2.16. The topological polar surface area (TPSA) is 34.9 Å². The van der Waals surface area contributed by atoms with Crippen molar-refractivity contribution in [2.45, 2.75) is 64.3 Å². The number of carbonyl (C=O) groups is 1. The van der Waals surface area contributed by atoms with E-state index in [1.807, 2.05) is 6.07 Å². The number of carbonyl (C=O) groups excluding carboxylic acids is 1. The van der Waals surface area contributed by atoms with Crippen molar-refractivity contribution in [2.75, 3.05) is 0 Å². The van der Waals surface area contributed by atoms with Crippen LogP contribution >= 0.6 is 0 Å². The zero-order valence-corrected chi connectivity index (χ0v) is 11.2. The van der Waals surface area contributed by atoms with Crippen LogP contribution in [-0.4, -0.2) is 15.6 Å². The van der Waals surface area contributed by atoms with Crippen LogP contribution in [0.4, 0.5) is 0 Å². The van der Waals surface area contributed by atoms with E-state index >= 15 is 0 Å². The number of rotatable bonds is 4. The highest BCUT2D eigenvalue weighted by atomic mass is 16.1. The Morgan fingerprint density at radius 1 is 1.39 bits per heavy atom. The summed E-state index contributed by atoms with van der Waals surface area (Å²) in [4.78, 5) is 12.0. The summed E-state index contributed by atoms with van der Waals surface area (Å²) in [6, 6.07) is 2.59. The predicted octanol–water partition coefficient (Wildman–Crippen LogP) is 3.30. The Balaban J connectivity index is 1.64. The van der Waals surface area contributed by atoms with Gasteiger partial charge in [-0.25, -0.2) is 0 Å². The van der Waals surface area contributed by atoms with Gasteiger partial charge < -0.3 is 0 Å².